The van der Waals surface area contributed by atoms with Gasteiger partial charge in [-0.2, -0.15) is 0 Å². The fourth-order valence-electron chi connectivity index (χ4n) is 2.62. The van der Waals surface area contributed by atoms with Gasteiger partial charge in [0.05, 0.1) is 26.3 Å². The molecule has 2 aromatic carbocycles. The second-order valence-corrected chi connectivity index (χ2v) is 6.47. The molecule has 0 saturated carbocycles. The number of ether oxygens (including phenoxy) is 3. The summed E-state index contributed by atoms with van der Waals surface area (Å²) in [6, 6.07) is 7.57. The Hall–Kier alpha value is -3.82. The molecule has 30 heavy (non-hydrogen) atoms. The fourth-order valence-corrected chi connectivity index (χ4v) is 2.62. The highest BCUT2D eigenvalue weighted by Gasteiger charge is 2.32. The largest absolute Gasteiger partial charge is 0.493 e. The summed E-state index contributed by atoms with van der Waals surface area (Å²) >= 11 is 0. The summed E-state index contributed by atoms with van der Waals surface area (Å²) in [5.74, 6) is -1.16. The van der Waals surface area contributed by atoms with Gasteiger partial charge in [-0.3, -0.25) is 19.7 Å². The van der Waals surface area contributed by atoms with Crippen molar-refractivity contribution in [2.45, 2.75) is 13.8 Å². The van der Waals surface area contributed by atoms with Gasteiger partial charge in [0.25, 0.3) is 5.91 Å². The normalized spacial score (nSPS) is 10.3. The average molecular weight is 417 g/mol. The minimum Gasteiger partial charge on any atom is -0.493 e. The molecule has 2 rings (SSSR count). The molecule has 0 unspecified atom stereocenters. The maximum atomic E-state index is 12.8. The molecule has 0 aliphatic carbocycles. The molecular weight excluding hydrogens is 394 g/mol. The molecule has 10 nitrogen and oxygen atoms in total. The molecule has 0 aliphatic rings. The van der Waals surface area contributed by atoms with E-state index in [4.69, 9.17) is 14.2 Å². The number of carbonyl (C=O) groups is 2. The van der Waals surface area contributed by atoms with Crippen molar-refractivity contribution in [3.63, 3.8) is 0 Å². The Morgan fingerprint density at radius 1 is 0.933 bits per heavy atom. The Kier molecular flexibility index (Phi) is 7.18. The van der Waals surface area contributed by atoms with Gasteiger partial charge in [-0.05, 0) is 24.3 Å². The third-order valence-corrected chi connectivity index (χ3v) is 4.17. The molecule has 0 heterocycles. The highest BCUT2D eigenvalue weighted by Crippen LogP contribution is 2.46. The lowest BCUT2D eigenvalue weighted by Gasteiger charge is -2.15. The summed E-state index contributed by atoms with van der Waals surface area (Å²) in [5, 5.41) is 17.0. The van der Waals surface area contributed by atoms with Crippen LogP contribution in [-0.2, 0) is 4.79 Å². The molecule has 2 N–H and O–H groups in total. The Labute approximate surface area is 173 Å². The monoisotopic (exact) mass is 417 g/mol. The van der Waals surface area contributed by atoms with Crippen LogP contribution in [-0.4, -0.2) is 38.1 Å². The fraction of sp³-hybridized carbons (Fsp3) is 0.300. The quantitative estimate of drug-likeness (QED) is 0.497. The zero-order valence-electron chi connectivity index (χ0n) is 17.3. The van der Waals surface area contributed by atoms with Crippen molar-refractivity contribution in [3.8, 4) is 17.2 Å². The molecule has 0 atom stereocenters. The molecule has 0 radical (unpaired) electrons. The van der Waals surface area contributed by atoms with Crippen LogP contribution in [0.3, 0.4) is 0 Å². The Morgan fingerprint density at radius 2 is 1.47 bits per heavy atom. The number of hydrogen-bond donors (Lipinski definition) is 2. The number of amides is 2. The van der Waals surface area contributed by atoms with Gasteiger partial charge >= 0.3 is 5.69 Å². The summed E-state index contributed by atoms with van der Waals surface area (Å²) in [6.45, 7) is 3.54. The molecule has 0 bridgehead atoms. The van der Waals surface area contributed by atoms with E-state index in [-0.39, 0.29) is 34.6 Å². The SMILES string of the molecule is COc1cc(C(=O)Nc2ccc(NC(=O)C(C)C)cc2)c([N+](=O)[O-])c(OC)c1OC. The lowest BCUT2D eigenvalue weighted by molar-refractivity contribution is -0.386. The van der Waals surface area contributed by atoms with E-state index in [1.165, 1.54) is 27.4 Å². The first-order valence-electron chi connectivity index (χ1n) is 8.93. The van der Waals surface area contributed by atoms with Crippen molar-refractivity contribution in [2.24, 2.45) is 5.92 Å². The van der Waals surface area contributed by atoms with Crippen molar-refractivity contribution < 1.29 is 28.7 Å². The zero-order valence-corrected chi connectivity index (χ0v) is 17.3. The summed E-state index contributed by atoms with van der Waals surface area (Å²) in [7, 11) is 3.88. The van der Waals surface area contributed by atoms with Crippen molar-refractivity contribution >= 4 is 28.9 Å². The first-order valence-corrected chi connectivity index (χ1v) is 8.93. The molecule has 2 aromatic rings. The van der Waals surface area contributed by atoms with E-state index in [1.54, 1.807) is 38.1 Å². The van der Waals surface area contributed by atoms with Crippen LogP contribution in [0.25, 0.3) is 0 Å². The highest BCUT2D eigenvalue weighted by atomic mass is 16.6. The first kappa shape index (κ1) is 22.5. The van der Waals surface area contributed by atoms with Gasteiger partial charge < -0.3 is 24.8 Å². The maximum Gasteiger partial charge on any atom is 0.327 e. The van der Waals surface area contributed by atoms with Gasteiger partial charge in [0.15, 0.2) is 5.75 Å². The van der Waals surface area contributed by atoms with Gasteiger partial charge in [0.2, 0.25) is 17.4 Å². The van der Waals surface area contributed by atoms with Gasteiger partial charge in [-0.15, -0.1) is 0 Å². The van der Waals surface area contributed by atoms with Crippen molar-refractivity contribution in [2.75, 3.05) is 32.0 Å². The molecule has 0 spiro atoms. The summed E-state index contributed by atoms with van der Waals surface area (Å²) in [4.78, 5) is 35.5. The highest BCUT2D eigenvalue weighted by molar-refractivity contribution is 6.08. The van der Waals surface area contributed by atoms with Crippen molar-refractivity contribution in [1.82, 2.24) is 0 Å². The van der Waals surface area contributed by atoms with Crippen LogP contribution >= 0.6 is 0 Å². The lowest BCUT2D eigenvalue weighted by Crippen LogP contribution is -2.18. The van der Waals surface area contributed by atoms with Gasteiger partial charge in [0.1, 0.15) is 5.56 Å². The van der Waals surface area contributed by atoms with Crippen LogP contribution < -0.4 is 24.8 Å². The minimum absolute atomic E-state index is 0.00787. The van der Waals surface area contributed by atoms with Crippen LogP contribution in [0.2, 0.25) is 0 Å². The van der Waals surface area contributed by atoms with Crippen LogP contribution in [0.1, 0.15) is 24.2 Å². The van der Waals surface area contributed by atoms with Crippen LogP contribution in [0, 0.1) is 16.0 Å². The lowest BCUT2D eigenvalue weighted by atomic mass is 10.1. The smallest absolute Gasteiger partial charge is 0.327 e. The topological polar surface area (TPSA) is 129 Å². The Balaban J connectivity index is 2.36. The van der Waals surface area contributed by atoms with Crippen LogP contribution in [0.4, 0.5) is 17.1 Å². The number of methoxy groups -OCH3 is 3. The molecule has 0 aliphatic heterocycles. The van der Waals surface area contributed by atoms with Gasteiger partial charge in [-0.25, -0.2) is 0 Å². The number of hydrogen-bond acceptors (Lipinski definition) is 7. The Morgan fingerprint density at radius 3 is 1.90 bits per heavy atom. The predicted octanol–water partition coefficient (Wildman–Crippen LogP) is 3.47. The predicted molar refractivity (Wildman–Crippen MR) is 111 cm³/mol. The van der Waals surface area contributed by atoms with Crippen molar-refractivity contribution in [1.29, 1.82) is 0 Å². The van der Waals surface area contributed by atoms with E-state index in [9.17, 15) is 19.7 Å². The van der Waals surface area contributed by atoms with E-state index in [2.05, 4.69) is 10.6 Å². The molecule has 0 fully saturated rings. The molecule has 0 saturated heterocycles. The van der Waals surface area contributed by atoms with E-state index >= 15 is 0 Å². The van der Waals surface area contributed by atoms with Crippen molar-refractivity contribution in [3.05, 3.63) is 46.0 Å². The molecule has 10 heteroatoms. The third-order valence-electron chi connectivity index (χ3n) is 4.17. The average Bonchev–Trinajstić information content (AvgIpc) is 2.72. The molecule has 160 valence electrons. The first-order chi connectivity index (χ1) is 14.2. The number of rotatable bonds is 8. The third kappa shape index (κ3) is 4.77. The maximum absolute atomic E-state index is 12.8. The van der Waals surface area contributed by atoms with E-state index < -0.39 is 16.5 Å². The van der Waals surface area contributed by atoms with E-state index in [0.29, 0.717) is 11.4 Å². The second-order valence-electron chi connectivity index (χ2n) is 6.47. The zero-order chi connectivity index (χ0) is 22.4. The van der Waals surface area contributed by atoms with Gasteiger partial charge in [-0.1, -0.05) is 13.8 Å². The van der Waals surface area contributed by atoms with E-state index in [1.807, 2.05) is 0 Å². The molecular formula is C20H23N3O7. The number of benzene rings is 2. The summed E-state index contributed by atoms with van der Waals surface area (Å²) in [5.41, 5.74) is 0.135. The number of nitrogens with zero attached hydrogens (tertiary/aromatic N) is 1. The van der Waals surface area contributed by atoms with Crippen LogP contribution in [0.5, 0.6) is 17.2 Å². The van der Waals surface area contributed by atoms with E-state index in [0.717, 1.165) is 0 Å². The molecule has 2 amide bonds. The van der Waals surface area contributed by atoms with Gasteiger partial charge in [0, 0.05) is 23.4 Å². The number of nitro groups is 1. The summed E-state index contributed by atoms with van der Waals surface area (Å²) in [6.07, 6.45) is 0. The molecule has 0 aromatic heterocycles. The standard InChI is InChI=1S/C20H23N3O7/c1-11(2)19(24)21-12-6-8-13(9-7-12)22-20(25)14-10-15(28-3)17(29-4)18(30-5)16(14)23(26)27/h6-11H,1-5H3,(H,21,24)(H,22,25). The number of nitro benzene ring substituents is 1. The summed E-state index contributed by atoms with van der Waals surface area (Å²) < 4.78 is 15.4. The second kappa shape index (κ2) is 9.59. The number of nitrogens with one attached hydrogen (secondary N) is 2. The Bertz CT molecular complexity index is 956. The minimum atomic E-state index is -0.736. The number of carbonyl (C=O) groups excluding carboxylic acids is 2. The number of anilines is 2. The van der Waals surface area contributed by atoms with Crippen LogP contribution in [0.15, 0.2) is 30.3 Å².